The topological polar surface area (TPSA) is 54.7 Å². The van der Waals surface area contributed by atoms with Crippen LogP contribution in [0.4, 0.5) is 0 Å². The van der Waals surface area contributed by atoms with Crippen molar-refractivity contribution in [3.05, 3.63) is 39.7 Å². The molecule has 17 heavy (non-hydrogen) atoms. The molecule has 0 radical (unpaired) electrons. The van der Waals surface area contributed by atoms with E-state index in [0.29, 0.717) is 5.02 Å². The minimum Gasteiger partial charge on any atom is -0.342 e. The Morgan fingerprint density at radius 3 is 2.94 bits per heavy atom. The molecule has 5 heteroatoms. The number of rotatable bonds is 3. The van der Waals surface area contributed by atoms with Gasteiger partial charge in [-0.05, 0) is 19.1 Å². The summed E-state index contributed by atoms with van der Waals surface area (Å²) in [5.74, 6) is 0.883. The normalized spacial score (nSPS) is 12.7. The van der Waals surface area contributed by atoms with Crippen molar-refractivity contribution in [2.24, 2.45) is 5.73 Å². The van der Waals surface area contributed by atoms with Crippen LogP contribution in [0.1, 0.15) is 12.7 Å². The van der Waals surface area contributed by atoms with Crippen LogP contribution in [0.3, 0.4) is 0 Å². The predicted octanol–water partition coefficient (Wildman–Crippen LogP) is 3.38. The molecule has 3 nitrogen and oxygen atoms in total. The van der Waals surface area contributed by atoms with Gasteiger partial charge in [-0.3, -0.25) is 0 Å². The zero-order valence-corrected chi connectivity index (χ0v) is 11.7. The average molecular weight is 315 g/mol. The Morgan fingerprint density at radius 2 is 2.29 bits per heavy atom. The second-order valence-electron chi connectivity index (χ2n) is 4.05. The minimum atomic E-state index is 0.0920. The Kier molecular flexibility index (Phi) is 3.86. The van der Waals surface area contributed by atoms with Crippen molar-refractivity contribution in [3.8, 4) is 11.3 Å². The highest BCUT2D eigenvalue weighted by Crippen LogP contribution is 2.29. The second-order valence-corrected chi connectivity index (χ2v) is 5.37. The van der Waals surface area contributed by atoms with Gasteiger partial charge in [0.25, 0.3) is 0 Å². The van der Waals surface area contributed by atoms with Crippen LogP contribution in [0.15, 0.2) is 28.9 Å². The quantitative estimate of drug-likeness (QED) is 0.912. The van der Waals surface area contributed by atoms with Gasteiger partial charge in [0.15, 0.2) is 0 Å². The zero-order valence-electron chi connectivity index (χ0n) is 9.37. The van der Waals surface area contributed by atoms with Gasteiger partial charge in [-0.15, -0.1) is 0 Å². The van der Waals surface area contributed by atoms with Crippen LogP contribution in [0.2, 0.25) is 5.02 Å². The predicted molar refractivity (Wildman–Crippen MR) is 74.1 cm³/mol. The number of halogens is 2. The molecule has 1 atom stereocenters. The van der Waals surface area contributed by atoms with Gasteiger partial charge >= 0.3 is 0 Å². The third kappa shape index (κ3) is 3.09. The molecular weight excluding hydrogens is 302 g/mol. The molecule has 1 unspecified atom stereocenters. The summed E-state index contributed by atoms with van der Waals surface area (Å²) in [5.41, 5.74) is 7.59. The van der Waals surface area contributed by atoms with Crippen molar-refractivity contribution in [3.63, 3.8) is 0 Å². The van der Waals surface area contributed by atoms with Gasteiger partial charge in [-0.25, -0.2) is 4.98 Å². The van der Waals surface area contributed by atoms with E-state index in [4.69, 9.17) is 17.3 Å². The summed E-state index contributed by atoms with van der Waals surface area (Å²) in [5, 5.41) is 0.690. The van der Waals surface area contributed by atoms with E-state index in [-0.39, 0.29) is 6.04 Å². The van der Waals surface area contributed by atoms with E-state index in [9.17, 15) is 0 Å². The number of benzene rings is 1. The molecule has 1 aromatic carbocycles. The number of nitrogens with one attached hydrogen (secondary N) is 1. The van der Waals surface area contributed by atoms with Crippen LogP contribution < -0.4 is 5.73 Å². The van der Waals surface area contributed by atoms with Gasteiger partial charge in [0.1, 0.15) is 5.82 Å². The van der Waals surface area contributed by atoms with Crippen LogP contribution in [0.25, 0.3) is 11.3 Å². The van der Waals surface area contributed by atoms with Crippen molar-refractivity contribution in [1.82, 2.24) is 9.97 Å². The number of hydrogen-bond acceptors (Lipinski definition) is 2. The van der Waals surface area contributed by atoms with Crippen molar-refractivity contribution in [2.45, 2.75) is 19.4 Å². The van der Waals surface area contributed by atoms with E-state index in [1.807, 2.05) is 25.1 Å². The monoisotopic (exact) mass is 313 g/mol. The Morgan fingerprint density at radius 1 is 1.53 bits per heavy atom. The molecule has 0 spiro atoms. The number of imidazole rings is 1. The van der Waals surface area contributed by atoms with Crippen molar-refractivity contribution in [1.29, 1.82) is 0 Å². The molecular formula is C12H13BrClN3. The summed E-state index contributed by atoms with van der Waals surface area (Å²) in [6.07, 6.45) is 2.51. The van der Waals surface area contributed by atoms with Crippen LogP contribution in [-0.2, 0) is 6.42 Å². The van der Waals surface area contributed by atoms with Crippen molar-refractivity contribution in [2.75, 3.05) is 0 Å². The molecule has 0 fully saturated rings. The molecule has 2 aromatic rings. The SMILES string of the molecule is CC(N)Cc1ncc(-c2ccc(Br)cc2Cl)[nH]1. The summed E-state index contributed by atoms with van der Waals surface area (Å²) in [4.78, 5) is 7.52. The molecule has 0 saturated heterocycles. The largest absolute Gasteiger partial charge is 0.342 e. The van der Waals surface area contributed by atoms with Crippen LogP contribution in [0.5, 0.6) is 0 Å². The lowest BCUT2D eigenvalue weighted by Gasteiger charge is -2.03. The van der Waals surface area contributed by atoms with E-state index in [0.717, 1.165) is 28.0 Å². The number of H-pyrrole nitrogens is 1. The lowest BCUT2D eigenvalue weighted by atomic mass is 10.2. The number of aromatic nitrogens is 2. The molecule has 1 aromatic heterocycles. The van der Waals surface area contributed by atoms with E-state index in [1.54, 1.807) is 6.20 Å². The van der Waals surface area contributed by atoms with E-state index >= 15 is 0 Å². The van der Waals surface area contributed by atoms with Crippen molar-refractivity contribution < 1.29 is 0 Å². The minimum absolute atomic E-state index is 0.0920. The smallest absolute Gasteiger partial charge is 0.108 e. The van der Waals surface area contributed by atoms with Gasteiger partial charge in [0.2, 0.25) is 0 Å². The molecule has 0 aliphatic carbocycles. The Balaban J connectivity index is 2.30. The third-order valence-electron chi connectivity index (χ3n) is 2.37. The number of hydrogen-bond donors (Lipinski definition) is 2. The highest BCUT2D eigenvalue weighted by molar-refractivity contribution is 9.10. The van der Waals surface area contributed by atoms with E-state index in [1.165, 1.54) is 0 Å². The Bertz CT molecular complexity index is 522. The van der Waals surface area contributed by atoms with E-state index < -0.39 is 0 Å². The fourth-order valence-corrected chi connectivity index (χ4v) is 2.39. The first-order valence-electron chi connectivity index (χ1n) is 5.31. The number of nitrogens with zero attached hydrogens (tertiary/aromatic N) is 1. The molecule has 0 aliphatic heterocycles. The summed E-state index contributed by atoms with van der Waals surface area (Å²) in [7, 11) is 0. The lowest BCUT2D eigenvalue weighted by molar-refractivity contribution is 0.710. The van der Waals surface area contributed by atoms with Gasteiger partial charge < -0.3 is 10.7 Å². The first-order chi connectivity index (χ1) is 8.06. The average Bonchev–Trinajstić information content (AvgIpc) is 2.65. The van der Waals surface area contributed by atoms with Crippen molar-refractivity contribution >= 4 is 27.5 Å². The molecule has 1 heterocycles. The van der Waals surface area contributed by atoms with Gasteiger partial charge in [0.05, 0.1) is 16.9 Å². The van der Waals surface area contributed by atoms with Crippen LogP contribution in [0, 0.1) is 0 Å². The third-order valence-corrected chi connectivity index (χ3v) is 3.17. The maximum atomic E-state index is 6.18. The zero-order chi connectivity index (χ0) is 12.4. The molecule has 0 bridgehead atoms. The summed E-state index contributed by atoms with van der Waals surface area (Å²) < 4.78 is 0.960. The first kappa shape index (κ1) is 12.6. The Labute approximate surface area is 114 Å². The summed E-state index contributed by atoms with van der Waals surface area (Å²) in [6, 6.07) is 5.86. The van der Waals surface area contributed by atoms with E-state index in [2.05, 4.69) is 25.9 Å². The highest BCUT2D eigenvalue weighted by atomic mass is 79.9. The van der Waals surface area contributed by atoms with Crippen LogP contribution in [-0.4, -0.2) is 16.0 Å². The fourth-order valence-electron chi connectivity index (χ4n) is 1.62. The van der Waals surface area contributed by atoms with Crippen LogP contribution >= 0.6 is 27.5 Å². The maximum absolute atomic E-state index is 6.18. The van der Waals surface area contributed by atoms with Gasteiger partial charge in [-0.1, -0.05) is 33.6 Å². The maximum Gasteiger partial charge on any atom is 0.108 e. The fraction of sp³-hybridized carbons (Fsp3) is 0.250. The standard InChI is InChI=1S/C12H13BrClN3/c1-7(15)4-12-16-6-11(17-12)9-3-2-8(13)5-10(9)14/h2-3,5-7H,4,15H2,1H3,(H,16,17). The first-order valence-corrected chi connectivity index (χ1v) is 6.48. The van der Waals surface area contributed by atoms with Gasteiger partial charge in [0, 0.05) is 22.5 Å². The molecule has 0 aliphatic rings. The molecule has 90 valence electrons. The lowest BCUT2D eigenvalue weighted by Crippen LogP contribution is -2.18. The van der Waals surface area contributed by atoms with Gasteiger partial charge in [-0.2, -0.15) is 0 Å². The molecule has 2 rings (SSSR count). The summed E-state index contributed by atoms with van der Waals surface area (Å²) in [6.45, 7) is 1.95. The molecule has 0 saturated carbocycles. The molecule has 3 N–H and O–H groups in total. The molecule has 0 amide bonds. The highest BCUT2D eigenvalue weighted by Gasteiger charge is 2.08. The number of aromatic amines is 1. The number of nitrogens with two attached hydrogens (primary N) is 1. The Hall–Kier alpha value is -0.840. The second kappa shape index (κ2) is 5.21. The summed E-state index contributed by atoms with van der Waals surface area (Å²) >= 11 is 9.56.